The fourth-order valence-corrected chi connectivity index (χ4v) is 2.19. The largest absolute Gasteiger partial charge is 0.355 e. The van der Waals surface area contributed by atoms with Crippen LogP contribution in [0.3, 0.4) is 0 Å². The highest BCUT2D eigenvalue weighted by molar-refractivity contribution is 7.12. The zero-order chi connectivity index (χ0) is 14.3. The van der Waals surface area contributed by atoms with Crippen molar-refractivity contribution in [3.8, 4) is 0 Å². The van der Waals surface area contributed by atoms with Crippen molar-refractivity contribution in [2.75, 3.05) is 6.54 Å². The van der Waals surface area contributed by atoms with Crippen LogP contribution in [-0.4, -0.2) is 30.2 Å². The van der Waals surface area contributed by atoms with E-state index < -0.39 is 6.04 Å². The second-order valence-corrected chi connectivity index (χ2v) is 5.03. The molecule has 0 aromatic carbocycles. The van der Waals surface area contributed by atoms with Crippen molar-refractivity contribution < 1.29 is 14.4 Å². The van der Waals surface area contributed by atoms with Crippen LogP contribution in [-0.2, 0) is 9.59 Å². The van der Waals surface area contributed by atoms with Gasteiger partial charge in [-0.05, 0) is 25.3 Å². The molecule has 1 aromatic heterocycles. The lowest BCUT2D eigenvalue weighted by Crippen LogP contribution is -2.44. The molecule has 0 fully saturated rings. The Kier molecular flexibility index (Phi) is 6.21. The summed E-state index contributed by atoms with van der Waals surface area (Å²) >= 11 is 1.36. The number of carbonyl (C=O) groups is 3. The van der Waals surface area contributed by atoms with Crippen LogP contribution in [0, 0.1) is 0 Å². The van der Waals surface area contributed by atoms with E-state index in [0.717, 1.165) is 0 Å². The summed E-state index contributed by atoms with van der Waals surface area (Å²) in [4.78, 5) is 35.3. The van der Waals surface area contributed by atoms with Crippen molar-refractivity contribution in [1.82, 2.24) is 10.6 Å². The van der Waals surface area contributed by atoms with Gasteiger partial charge in [0.15, 0.2) is 5.78 Å². The molecule has 104 valence electrons. The molecule has 2 amide bonds. The van der Waals surface area contributed by atoms with Crippen LogP contribution < -0.4 is 10.6 Å². The lowest BCUT2D eigenvalue weighted by atomic mass is 10.2. The van der Waals surface area contributed by atoms with Crippen molar-refractivity contribution >= 4 is 28.9 Å². The van der Waals surface area contributed by atoms with Crippen LogP contribution in [0.4, 0.5) is 0 Å². The smallest absolute Gasteiger partial charge is 0.242 e. The first-order valence-electron chi connectivity index (χ1n) is 6.18. The number of amides is 2. The van der Waals surface area contributed by atoms with Crippen molar-refractivity contribution in [1.29, 1.82) is 0 Å². The molecule has 1 heterocycles. The molecule has 0 aliphatic heterocycles. The molecular formula is C13H18N2O3S. The number of likely N-dealkylation sites (N-methyl/N-ethyl adjacent to an activating group) is 1. The zero-order valence-electron chi connectivity index (χ0n) is 11.1. The molecule has 0 bridgehead atoms. The topological polar surface area (TPSA) is 75.3 Å². The van der Waals surface area contributed by atoms with Gasteiger partial charge in [0.1, 0.15) is 6.04 Å². The van der Waals surface area contributed by atoms with Crippen LogP contribution in [0.1, 0.15) is 36.4 Å². The Bertz CT molecular complexity index is 443. The van der Waals surface area contributed by atoms with E-state index in [1.807, 2.05) is 12.3 Å². The second kappa shape index (κ2) is 7.68. The molecule has 19 heavy (non-hydrogen) atoms. The fourth-order valence-electron chi connectivity index (χ4n) is 1.49. The summed E-state index contributed by atoms with van der Waals surface area (Å²) in [6.45, 7) is 3.95. The molecule has 0 aliphatic carbocycles. The number of Topliss-reactive ketones (excluding diaryl/α,β-unsaturated/α-hetero) is 1. The van der Waals surface area contributed by atoms with E-state index >= 15 is 0 Å². The summed E-state index contributed by atoms with van der Waals surface area (Å²) in [5.74, 6) is -0.556. The molecule has 0 spiro atoms. The maximum atomic E-state index is 11.7. The average molecular weight is 282 g/mol. The molecule has 0 saturated heterocycles. The highest BCUT2D eigenvalue weighted by Crippen LogP contribution is 2.12. The Morgan fingerprint density at radius 3 is 2.63 bits per heavy atom. The van der Waals surface area contributed by atoms with Gasteiger partial charge in [-0.2, -0.15) is 0 Å². The molecule has 5 nitrogen and oxygen atoms in total. The molecule has 2 N–H and O–H groups in total. The fraction of sp³-hybridized carbons (Fsp3) is 0.462. The van der Waals surface area contributed by atoms with Crippen LogP contribution in [0.5, 0.6) is 0 Å². The number of nitrogens with one attached hydrogen (secondary N) is 2. The summed E-state index contributed by atoms with van der Waals surface area (Å²) in [5, 5.41) is 7.01. The average Bonchev–Trinajstić information content (AvgIpc) is 2.90. The van der Waals surface area contributed by atoms with Crippen molar-refractivity contribution in [3.63, 3.8) is 0 Å². The Labute approximate surface area is 116 Å². The molecule has 0 radical (unpaired) electrons. The van der Waals surface area contributed by atoms with Gasteiger partial charge >= 0.3 is 0 Å². The SMILES string of the molecule is CCNC(=O)[C@@H](C)NC(=O)CCC(=O)c1cccs1. The van der Waals surface area contributed by atoms with Gasteiger partial charge in [0.25, 0.3) is 0 Å². The zero-order valence-corrected chi connectivity index (χ0v) is 11.9. The Morgan fingerprint density at radius 1 is 1.32 bits per heavy atom. The van der Waals surface area contributed by atoms with Crippen LogP contribution >= 0.6 is 11.3 Å². The molecule has 6 heteroatoms. The van der Waals surface area contributed by atoms with Crippen molar-refractivity contribution in [2.24, 2.45) is 0 Å². The lowest BCUT2D eigenvalue weighted by molar-refractivity contribution is -0.128. The summed E-state index contributed by atoms with van der Waals surface area (Å²) < 4.78 is 0. The second-order valence-electron chi connectivity index (χ2n) is 4.08. The van der Waals surface area contributed by atoms with Crippen LogP contribution in [0.15, 0.2) is 17.5 Å². The van der Waals surface area contributed by atoms with Gasteiger partial charge in [0.2, 0.25) is 11.8 Å². The normalized spacial score (nSPS) is 11.7. The summed E-state index contributed by atoms with van der Waals surface area (Å²) in [5.41, 5.74) is 0. The first kappa shape index (κ1) is 15.4. The maximum absolute atomic E-state index is 11.7. The van der Waals surface area contributed by atoms with Gasteiger partial charge in [-0.15, -0.1) is 11.3 Å². The first-order valence-corrected chi connectivity index (χ1v) is 7.06. The first-order chi connectivity index (χ1) is 9.04. The quantitative estimate of drug-likeness (QED) is 0.741. The van der Waals surface area contributed by atoms with Crippen molar-refractivity contribution in [3.05, 3.63) is 22.4 Å². The number of thiophene rings is 1. The van der Waals surface area contributed by atoms with Gasteiger partial charge in [0.05, 0.1) is 4.88 Å². The minimum absolute atomic E-state index is 0.0455. The van der Waals surface area contributed by atoms with E-state index in [-0.39, 0.29) is 30.4 Å². The monoisotopic (exact) mass is 282 g/mol. The van der Waals surface area contributed by atoms with E-state index in [0.29, 0.717) is 11.4 Å². The highest BCUT2D eigenvalue weighted by Gasteiger charge is 2.16. The molecule has 1 rings (SSSR count). The van der Waals surface area contributed by atoms with Gasteiger partial charge in [-0.25, -0.2) is 0 Å². The molecule has 0 aliphatic rings. The summed E-state index contributed by atoms with van der Waals surface area (Å²) in [6, 6.07) is 2.96. The number of carbonyl (C=O) groups excluding carboxylic acids is 3. The Morgan fingerprint density at radius 2 is 2.05 bits per heavy atom. The number of rotatable bonds is 7. The number of ketones is 1. The lowest BCUT2D eigenvalue weighted by Gasteiger charge is -2.12. The number of hydrogen-bond acceptors (Lipinski definition) is 4. The van der Waals surface area contributed by atoms with E-state index in [1.165, 1.54) is 11.3 Å². The van der Waals surface area contributed by atoms with E-state index in [1.54, 1.807) is 19.1 Å². The number of hydrogen-bond donors (Lipinski definition) is 2. The highest BCUT2D eigenvalue weighted by atomic mass is 32.1. The van der Waals surface area contributed by atoms with E-state index in [2.05, 4.69) is 10.6 Å². The van der Waals surface area contributed by atoms with E-state index in [9.17, 15) is 14.4 Å². The van der Waals surface area contributed by atoms with Gasteiger partial charge in [-0.1, -0.05) is 6.07 Å². The van der Waals surface area contributed by atoms with Crippen LogP contribution in [0.25, 0.3) is 0 Å². The predicted molar refractivity (Wildman–Crippen MR) is 74.2 cm³/mol. The Hall–Kier alpha value is -1.69. The van der Waals surface area contributed by atoms with Gasteiger partial charge < -0.3 is 10.6 Å². The minimum Gasteiger partial charge on any atom is -0.355 e. The minimum atomic E-state index is -0.579. The molecule has 1 atom stereocenters. The Balaban J connectivity index is 2.32. The molecular weight excluding hydrogens is 264 g/mol. The standard InChI is InChI=1S/C13H18N2O3S/c1-3-14-13(18)9(2)15-12(17)7-6-10(16)11-5-4-8-19-11/h4-5,8-9H,3,6-7H2,1-2H3,(H,14,18)(H,15,17)/t9-/m1/s1. The van der Waals surface area contributed by atoms with Crippen molar-refractivity contribution in [2.45, 2.75) is 32.7 Å². The third-order valence-electron chi connectivity index (χ3n) is 2.50. The van der Waals surface area contributed by atoms with Gasteiger partial charge in [0, 0.05) is 19.4 Å². The predicted octanol–water partition coefficient (Wildman–Crippen LogP) is 1.35. The maximum Gasteiger partial charge on any atom is 0.242 e. The third-order valence-corrected chi connectivity index (χ3v) is 3.41. The molecule has 0 saturated carbocycles. The van der Waals surface area contributed by atoms with Gasteiger partial charge in [-0.3, -0.25) is 14.4 Å². The summed E-state index contributed by atoms with van der Waals surface area (Å²) in [6.07, 6.45) is 0.259. The molecule has 0 unspecified atom stereocenters. The van der Waals surface area contributed by atoms with E-state index in [4.69, 9.17) is 0 Å². The molecule has 1 aromatic rings. The van der Waals surface area contributed by atoms with Crippen LogP contribution in [0.2, 0.25) is 0 Å². The third kappa shape index (κ3) is 5.21. The summed E-state index contributed by atoms with van der Waals surface area (Å²) in [7, 11) is 0.